The van der Waals surface area contributed by atoms with E-state index in [-0.39, 0.29) is 0 Å². The monoisotopic (exact) mass is 228 g/mol. The van der Waals surface area contributed by atoms with E-state index in [0.29, 0.717) is 0 Å². The highest BCUT2D eigenvalue weighted by molar-refractivity contribution is 9.09. The summed E-state index contributed by atoms with van der Waals surface area (Å²) in [6.07, 6.45) is 1.08. The molecule has 0 aromatic heterocycles. The van der Waals surface area contributed by atoms with Crippen molar-refractivity contribution in [1.29, 1.82) is 0 Å². The van der Waals surface area contributed by atoms with Crippen molar-refractivity contribution >= 4 is 15.9 Å². The first kappa shape index (κ1) is 9.59. The number of rotatable bonds is 4. The smallest absolute Gasteiger partial charge is 0.119 e. The van der Waals surface area contributed by atoms with Crippen LogP contribution in [0, 0.1) is 0 Å². The first-order chi connectivity index (χ1) is 5.86. The van der Waals surface area contributed by atoms with Crippen LogP contribution >= 0.6 is 15.9 Å². The molecule has 0 bridgehead atoms. The third-order valence-electron chi connectivity index (χ3n) is 1.62. The molecule has 1 nitrogen and oxygen atoms in total. The van der Waals surface area contributed by atoms with Gasteiger partial charge < -0.3 is 4.74 Å². The van der Waals surface area contributed by atoms with Crippen LogP contribution in [0.25, 0.3) is 0 Å². The number of hydrogen-bond acceptors (Lipinski definition) is 1. The van der Waals surface area contributed by atoms with Gasteiger partial charge in [-0.15, -0.1) is 0 Å². The van der Waals surface area contributed by atoms with Crippen molar-refractivity contribution in [3.8, 4) is 5.75 Å². The lowest BCUT2D eigenvalue weighted by Gasteiger charge is -2.03. The number of halogens is 1. The van der Waals surface area contributed by atoms with Crippen LogP contribution in [0.3, 0.4) is 0 Å². The second-order valence-corrected chi connectivity index (χ2v) is 3.31. The lowest BCUT2D eigenvalue weighted by Crippen LogP contribution is -1.91. The summed E-state index contributed by atoms with van der Waals surface area (Å²) < 4.78 is 5.33. The second kappa shape index (κ2) is 5.20. The molecule has 0 fully saturated rings. The van der Waals surface area contributed by atoms with Gasteiger partial charge in [-0.1, -0.05) is 28.1 Å². The van der Waals surface area contributed by atoms with Crippen molar-refractivity contribution in [2.24, 2.45) is 0 Å². The van der Waals surface area contributed by atoms with Crippen molar-refractivity contribution in [2.75, 3.05) is 11.9 Å². The molecule has 12 heavy (non-hydrogen) atoms. The summed E-state index contributed by atoms with van der Waals surface area (Å²) >= 11 is 3.40. The molecule has 0 amide bonds. The Labute approximate surface area is 81.9 Å². The highest BCUT2D eigenvalue weighted by Gasteiger charge is 1.92. The SMILES string of the molecule is CCOc1ccc(CCBr)cc1. The third kappa shape index (κ3) is 2.86. The van der Waals surface area contributed by atoms with Gasteiger partial charge in [0.1, 0.15) is 5.75 Å². The molecule has 0 unspecified atom stereocenters. The van der Waals surface area contributed by atoms with Crippen LogP contribution in [0.4, 0.5) is 0 Å². The van der Waals surface area contributed by atoms with Gasteiger partial charge in [0.15, 0.2) is 0 Å². The topological polar surface area (TPSA) is 9.23 Å². The Morgan fingerprint density at radius 2 is 1.92 bits per heavy atom. The summed E-state index contributed by atoms with van der Waals surface area (Å²) in [4.78, 5) is 0. The van der Waals surface area contributed by atoms with Gasteiger partial charge in [0.25, 0.3) is 0 Å². The van der Waals surface area contributed by atoms with Crippen LogP contribution in [-0.4, -0.2) is 11.9 Å². The van der Waals surface area contributed by atoms with Crippen molar-refractivity contribution < 1.29 is 4.74 Å². The summed E-state index contributed by atoms with van der Waals surface area (Å²) in [6.45, 7) is 2.73. The molecule has 0 aliphatic heterocycles. The summed E-state index contributed by atoms with van der Waals surface area (Å²) in [7, 11) is 0. The van der Waals surface area contributed by atoms with E-state index in [2.05, 4.69) is 28.1 Å². The minimum atomic E-state index is 0.734. The molecule has 0 saturated carbocycles. The van der Waals surface area contributed by atoms with Crippen LogP contribution in [0.5, 0.6) is 5.75 Å². The van der Waals surface area contributed by atoms with E-state index in [1.54, 1.807) is 0 Å². The number of benzene rings is 1. The maximum Gasteiger partial charge on any atom is 0.119 e. The zero-order valence-corrected chi connectivity index (χ0v) is 8.80. The van der Waals surface area contributed by atoms with E-state index in [4.69, 9.17) is 4.74 Å². The van der Waals surface area contributed by atoms with Crippen molar-refractivity contribution in [2.45, 2.75) is 13.3 Å². The standard InChI is InChI=1S/C10H13BrO/c1-2-12-10-5-3-9(4-6-10)7-8-11/h3-6H,2,7-8H2,1H3. The molecule has 2 heteroatoms. The molecule has 1 aromatic carbocycles. The van der Waals surface area contributed by atoms with Gasteiger partial charge >= 0.3 is 0 Å². The van der Waals surface area contributed by atoms with E-state index in [1.165, 1.54) is 5.56 Å². The fourth-order valence-electron chi connectivity index (χ4n) is 1.03. The summed E-state index contributed by atoms with van der Waals surface area (Å²) in [6, 6.07) is 8.24. The van der Waals surface area contributed by atoms with Crippen molar-refractivity contribution in [3.05, 3.63) is 29.8 Å². The lowest BCUT2D eigenvalue weighted by molar-refractivity contribution is 0.340. The number of aryl methyl sites for hydroxylation is 1. The molecule has 0 aliphatic rings. The number of hydrogen-bond donors (Lipinski definition) is 0. The minimum absolute atomic E-state index is 0.734. The fourth-order valence-corrected chi connectivity index (χ4v) is 1.49. The quantitative estimate of drug-likeness (QED) is 0.721. The number of alkyl halides is 1. The first-order valence-electron chi connectivity index (χ1n) is 4.14. The third-order valence-corrected chi connectivity index (χ3v) is 2.01. The summed E-state index contributed by atoms with van der Waals surface area (Å²) in [5.41, 5.74) is 1.34. The maximum absolute atomic E-state index is 5.33. The molecule has 0 saturated heterocycles. The van der Waals surface area contributed by atoms with Gasteiger partial charge in [0, 0.05) is 5.33 Å². The second-order valence-electron chi connectivity index (χ2n) is 2.52. The normalized spacial score (nSPS) is 9.83. The van der Waals surface area contributed by atoms with Gasteiger partial charge in [-0.05, 0) is 31.0 Å². The summed E-state index contributed by atoms with van der Waals surface area (Å²) in [5, 5.41) is 1.01. The average molecular weight is 229 g/mol. The Bertz CT molecular complexity index is 193. The molecule has 0 atom stereocenters. The van der Waals surface area contributed by atoms with Crippen molar-refractivity contribution in [3.63, 3.8) is 0 Å². The largest absolute Gasteiger partial charge is 0.494 e. The van der Waals surface area contributed by atoms with E-state index in [1.807, 2.05) is 19.1 Å². The van der Waals surface area contributed by atoms with Crippen LogP contribution in [-0.2, 0) is 6.42 Å². The van der Waals surface area contributed by atoms with E-state index in [0.717, 1.165) is 24.1 Å². The highest BCUT2D eigenvalue weighted by atomic mass is 79.9. The van der Waals surface area contributed by atoms with E-state index < -0.39 is 0 Å². The molecule has 0 N–H and O–H groups in total. The van der Waals surface area contributed by atoms with Gasteiger partial charge in [0.2, 0.25) is 0 Å². The zero-order chi connectivity index (χ0) is 8.81. The predicted molar refractivity (Wildman–Crippen MR) is 55.1 cm³/mol. The molecule has 0 radical (unpaired) electrons. The van der Waals surface area contributed by atoms with Gasteiger partial charge in [0.05, 0.1) is 6.61 Å². The average Bonchev–Trinajstić information content (AvgIpc) is 2.09. The molecule has 0 heterocycles. The first-order valence-corrected chi connectivity index (χ1v) is 5.26. The molecule has 1 aromatic rings. The maximum atomic E-state index is 5.33. The van der Waals surface area contributed by atoms with Crippen LogP contribution in [0.2, 0.25) is 0 Å². The fraction of sp³-hybridized carbons (Fsp3) is 0.400. The Morgan fingerprint density at radius 1 is 1.25 bits per heavy atom. The molecule has 1 rings (SSSR count). The van der Waals surface area contributed by atoms with Crippen molar-refractivity contribution in [1.82, 2.24) is 0 Å². The zero-order valence-electron chi connectivity index (χ0n) is 7.22. The van der Waals surface area contributed by atoms with Gasteiger partial charge in [-0.25, -0.2) is 0 Å². The van der Waals surface area contributed by atoms with Gasteiger partial charge in [-0.2, -0.15) is 0 Å². The highest BCUT2D eigenvalue weighted by Crippen LogP contribution is 2.12. The Hall–Kier alpha value is -0.500. The Kier molecular flexibility index (Phi) is 4.15. The van der Waals surface area contributed by atoms with E-state index >= 15 is 0 Å². The van der Waals surface area contributed by atoms with E-state index in [9.17, 15) is 0 Å². The lowest BCUT2D eigenvalue weighted by atomic mass is 10.2. The Balaban J connectivity index is 2.58. The molecule has 0 spiro atoms. The number of ether oxygens (including phenoxy) is 1. The minimum Gasteiger partial charge on any atom is -0.494 e. The molecular weight excluding hydrogens is 216 g/mol. The Morgan fingerprint density at radius 3 is 2.42 bits per heavy atom. The van der Waals surface area contributed by atoms with Crippen LogP contribution in [0.15, 0.2) is 24.3 Å². The van der Waals surface area contributed by atoms with Gasteiger partial charge in [-0.3, -0.25) is 0 Å². The predicted octanol–water partition coefficient (Wildman–Crippen LogP) is 3.02. The molecular formula is C10H13BrO. The molecule has 0 aliphatic carbocycles. The summed E-state index contributed by atoms with van der Waals surface area (Å²) in [5.74, 6) is 0.954. The molecule has 66 valence electrons. The van der Waals surface area contributed by atoms with Crippen LogP contribution in [0.1, 0.15) is 12.5 Å². The van der Waals surface area contributed by atoms with Crippen LogP contribution < -0.4 is 4.74 Å².